The average molecular weight is 296 g/mol. The van der Waals surface area contributed by atoms with Gasteiger partial charge in [-0.25, -0.2) is 5.43 Å². The van der Waals surface area contributed by atoms with Crippen molar-refractivity contribution in [3.63, 3.8) is 0 Å². The Morgan fingerprint density at radius 3 is 3.05 bits per heavy atom. The minimum Gasteiger partial charge on any atom is -0.455 e. The molecule has 8 heteroatoms. The van der Waals surface area contributed by atoms with E-state index in [-0.39, 0.29) is 11.7 Å². The van der Waals surface area contributed by atoms with Gasteiger partial charge in [-0.3, -0.25) is 4.79 Å². The lowest BCUT2D eigenvalue weighted by Gasteiger charge is -1.99. The normalized spacial score (nSPS) is 11.0. The molecule has 0 unspecified atom stereocenters. The van der Waals surface area contributed by atoms with Crippen molar-refractivity contribution in [2.24, 2.45) is 5.10 Å². The molecule has 22 heavy (non-hydrogen) atoms. The molecule has 0 aliphatic rings. The molecule has 0 amide bonds. The maximum Gasteiger partial charge on any atom is 0.283 e. The Morgan fingerprint density at radius 1 is 1.36 bits per heavy atom. The van der Waals surface area contributed by atoms with Crippen LogP contribution in [0.2, 0.25) is 0 Å². The van der Waals surface area contributed by atoms with Crippen molar-refractivity contribution < 1.29 is 9.21 Å². The number of aromatic nitrogens is 4. The van der Waals surface area contributed by atoms with Crippen molar-refractivity contribution in [3.05, 3.63) is 47.7 Å². The highest BCUT2D eigenvalue weighted by atomic mass is 16.3. The van der Waals surface area contributed by atoms with Crippen LogP contribution in [-0.2, 0) is 0 Å². The number of hydrazone groups is 1. The number of furan rings is 1. The molecule has 0 atom stereocenters. The van der Waals surface area contributed by atoms with E-state index in [1.807, 2.05) is 18.2 Å². The van der Waals surface area contributed by atoms with Crippen molar-refractivity contribution in [2.75, 3.05) is 5.43 Å². The van der Waals surface area contributed by atoms with E-state index in [1.54, 1.807) is 18.2 Å². The Bertz CT molecular complexity index is 806. The van der Waals surface area contributed by atoms with Gasteiger partial charge in [0.05, 0.1) is 6.21 Å². The fraction of sp³-hybridized carbons (Fsp3) is 0.0714. The number of tetrazole rings is 1. The van der Waals surface area contributed by atoms with Gasteiger partial charge in [-0.15, -0.1) is 5.10 Å². The van der Waals surface area contributed by atoms with E-state index in [1.165, 1.54) is 13.1 Å². The van der Waals surface area contributed by atoms with E-state index < -0.39 is 0 Å². The fourth-order valence-electron chi connectivity index (χ4n) is 1.83. The standard InChI is InChI=1S/C14H12N6O2/c1-9(21)10-3-2-4-11(7-10)13-6-5-12(22-13)8-15-16-14-17-19-20-18-14/h2-8H,1H3,(H2,16,17,18,19,20)/b15-8+. The first-order valence-corrected chi connectivity index (χ1v) is 6.46. The summed E-state index contributed by atoms with van der Waals surface area (Å²) in [6, 6.07) is 10.8. The number of aromatic amines is 1. The number of anilines is 1. The van der Waals surface area contributed by atoms with Crippen molar-refractivity contribution >= 4 is 17.9 Å². The van der Waals surface area contributed by atoms with E-state index in [2.05, 4.69) is 31.2 Å². The molecule has 0 aliphatic carbocycles. The third kappa shape index (κ3) is 3.06. The minimum atomic E-state index is 0.0134. The highest BCUT2D eigenvalue weighted by molar-refractivity contribution is 5.95. The number of carbonyl (C=O) groups excluding carboxylic acids is 1. The smallest absolute Gasteiger partial charge is 0.283 e. The fourth-order valence-corrected chi connectivity index (χ4v) is 1.83. The van der Waals surface area contributed by atoms with Gasteiger partial charge in [-0.05, 0) is 30.3 Å². The van der Waals surface area contributed by atoms with Crippen molar-refractivity contribution in [3.8, 4) is 11.3 Å². The van der Waals surface area contributed by atoms with Gasteiger partial charge in [0.25, 0.3) is 5.95 Å². The Balaban J connectivity index is 1.74. The Morgan fingerprint density at radius 2 is 2.27 bits per heavy atom. The topological polar surface area (TPSA) is 109 Å². The first-order valence-electron chi connectivity index (χ1n) is 6.46. The van der Waals surface area contributed by atoms with Gasteiger partial charge in [-0.1, -0.05) is 23.3 Å². The van der Waals surface area contributed by atoms with Crippen LogP contribution in [0.15, 0.2) is 45.9 Å². The van der Waals surface area contributed by atoms with Gasteiger partial charge >= 0.3 is 0 Å². The number of nitrogens with one attached hydrogen (secondary N) is 2. The van der Waals surface area contributed by atoms with E-state index in [9.17, 15) is 4.79 Å². The summed E-state index contributed by atoms with van der Waals surface area (Å²) in [5.74, 6) is 1.49. The summed E-state index contributed by atoms with van der Waals surface area (Å²) in [5, 5.41) is 17.0. The summed E-state index contributed by atoms with van der Waals surface area (Å²) in [6.45, 7) is 1.53. The zero-order valence-electron chi connectivity index (χ0n) is 11.6. The van der Waals surface area contributed by atoms with E-state index in [0.29, 0.717) is 17.1 Å². The van der Waals surface area contributed by atoms with Crippen molar-refractivity contribution in [2.45, 2.75) is 6.92 Å². The lowest BCUT2D eigenvalue weighted by molar-refractivity contribution is 0.101. The molecule has 2 heterocycles. The van der Waals surface area contributed by atoms with Crippen LogP contribution in [0.3, 0.4) is 0 Å². The molecule has 0 bridgehead atoms. The zero-order chi connectivity index (χ0) is 15.4. The van der Waals surface area contributed by atoms with Gasteiger partial charge < -0.3 is 4.42 Å². The third-order valence-electron chi connectivity index (χ3n) is 2.88. The third-order valence-corrected chi connectivity index (χ3v) is 2.88. The van der Waals surface area contributed by atoms with Gasteiger partial charge in [0.1, 0.15) is 11.5 Å². The molecule has 0 saturated carbocycles. The molecule has 2 N–H and O–H groups in total. The van der Waals surface area contributed by atoms with Gasteiger partial charge in [0, 0.05) is 11.1 Å². The molecular weight excluding hydrogens is 284 g/mol. The predicted molar refractivity (Wildman–Crippen MR) is 79.5 cm³/mol. The molecule has 0 radical (unpaired) electrons. The highest BCUT2D eigenvalue weighted by Gasteiger charge is 2.06. The van der Waals surface area contributed by atoms with Crippen LogP contribution < -0.4 is 5.43 Å². The molecule has 0 saturated heterocycles. The number of Topliss-reactive ketones (excluding diaryl/α,β-unsaturated/α-hetero) is 1. The number of benzene rings is 1. The summed E-state index contributed by atoms with van der Waals surface area (Å²) >= 11 is 0. The summed E-state index contributed by atoms with van der Waals surface area (Å²) in [5.41, 5.74) is 4.07. The lowest BCUT2D eigenvalue weighted by Crippen LogP contribution is -1.92. The van der Waals surface area contributed by atoms with Crippen LogP contribution >= 0.6 is 0 Å². The summed E-state index contributed by atoms with van der Waals surface area (Å²) in [4.78, 5) is 11.4. The predicted octanol–water partition coefficient (Wildman–Crippen LogP) is 2.11. The molecule has 110 valence electrons. The number of nitrogens with zero attached hydrogens (tertiary/aromatic N) is 4. The van der Waals surface area contributed by atoms with Crippen LogP contribution in [-0.4, -0.2) is 32.6 Å². The number of hydrogen-bond acceptors (Lipinski definition) is 7. The molecule has 3 rings (SSSR count). The minimum absolute atomic E-state index is 0.0134. The summed E-state index contributed by atoms with van der Waals surface area (Å²) < 4.78 is 5.66. The molecule has 0 fully saturated rings. The number of carbonyl (C=O) groups is 1. The van der Waals surface area contributed by atoms with Crippen LogP contribution in [0.1, 0.15) is 23.0 Å². The second-order valence-corrected chi connectivity index (χ2v) is 4.44. The van der Waals surface area contributed by atoms with Crippen LogP contribution in [0.4, 0.5) is 5.95 Å². The molecule has 1 aromatic carbocycles. The molecule has 3 aromatic rings. The number of H-pyrrole nitrogens is 1. The van der Waals surface area contributed by atoms with E-state index >= 15 is 0 Å². The first-order chi connectivity index (χ1) is 10.7. The first kappa shape index (κ1) is 13.7. The Hall–Kier alpha value is -3.29. The molecule has 2 aromatic heterocycles. The van der Waals surface area contributed by atoms with Crippen LogP contribution in [0.5, 0.6) is 0 Å². The molecular formula is C14H12N6O2. The summed E-state index contributed by atoms with van der Waals surface area (Å²) in [6.07, 6.45) is 1.49. The van der Waals surface area contributed by atoms with Gasteiger partial charge in [-0.2, -0.15) is 10.3 Å². The molecule has 0 spiro atoms. The van der Waals surface area contributed by atoms with Crippen molar-refractivity contribution in [1.82, 2.24) is 20.6 Å². The van der Waals surface area contributed by atoms with Crippen molar-refractivity contribution in [1.29, 1.82) is 0 Å². The van der Waals surface area contributed by atoms with E-state index in [0.717, 1.165) is 5.56 Å². The Kier molecular flexibility index (Phi) is 3.73. The monoisotopic (exact) mass is 296 g/mol. The largest absolute Gasteiger partial charge is 0.455 e. The Labute approximate surface area is 125 Å². The van der Waals surface area contributed by atoms with Gasteiger partial charge in [0.2, 0.25) is 0 Å². The molecule has 0 aliphatic heterocycles. The average Bonchev–Trinajstić information content (AvgIpc) is 3.19. The zero-order valence-corrected chi connectivity index (χ0v) is 11.6. The maximum absolute atomic E-state index is 11.4. The highest BCUT2D eigenvalue weighted by Crippen LogP contribution is 2.22. The number of hydrogen-bond donors (Lipinski definition) is 2. The van der Waals surface area contributed by atoms with Crippen LogP contribution in [0, 0.1) is 0 Å². The molecule has 8 nitrogen and oxygen atoms in total. The number of rotatable bonds is 5. The second-order valence-electron chi connectivity index (χ2n) is 4.44. The number of ketones is 1. The SMILES string of the molecule is CC(=O)c1cccc(-c2ccc(/C=N/Nc3nn[nH]n3)o2)c1. The van der Waals surface area contributed by atoms with Gasteiger partial charge in [0.15, 0.2) is 5.78 Å². The maximum atomic E-state index is 11.4. The summed E-state index contributed by atoms with van der Waals surface area (Å²) in [7, 11) is 0. The second kappa shape index (κ2) is 6.00. The lowest BCUT2D eigenvalue weighted by atomic mass is 10.1. The van der Waals surface area contributed by atoms with E-state index in [4.69, 9.17) is 4.42 Å². The quantitative estimate of drug-likeness (QED) is 0.424. The van der Waals surface area contributed by atoms with Crippen LogP contribution in [0.25, 0.3) is 11.3 Å².